The van der Waals surface area contributed by atoms with Crippen molar-refractivity contribution in [3.8, 4) is 0 Å². The summed E-state index contributed by atoms with van der Waals surface area (Å²) in [7, 11) is 14.2. The fraction of sp³-hybridized carbons (Fsp3) is 0.867. The zero-order chi connectivity index (χ0) is 109. The van der Waals surface area contributed by atoms with Gasteiger partial charge in [0.1, 0.15) is 6.04 Å². The molecule has 0 fully saturated rings. The van der Waals surface area contributed by atoms with Gasteiger partial charge in [-0.3, -0.25) is 62.3 Å². The molecule has 0 saturated carbocycles. The van der Waals surface area contributed by atoms with E-state index in [9.17, 15) is 72.2 Å². The molecule has 10 atom stereocenters. The van der Waals surface area contributed by atoms with Crippen LogP contribution in [-0.2, 0) is 124 Å². The first-order chi connectivity index (χ1) is 71.9. The van der Waals surface area contributed by atoms with Crippen molar-refractivity contribution < 1.29 is 134 Å². The number of rotatable bonds is 115. The number of hydrogen-bond donors (Lipinski definition) is 5. The second-order valence-corrected chi connectivity index (χ2v) is 43.9. The molecular formula is C105H203N6O28P9. The third-order valence-corrected chi connectivity index (χ3v) is 29.3. The zero-order valence-electron chi connectivity index (χ0n) is 91.1. The number of carboxylic acid groups (broad SMARTS) is 2. The van der Waals surface area contributed by atoms with Gasteiger partial charge in [-0.1, -0.05) is 260 Å². The largest absolute Gasteiger partial charge is 0.481 e. The monoisotopic (exact) mass is 2280 g/mol. The molecule has 0 aliphatic rings. The minimum atomic E-state index is -1.19. The van der Waals surface area contributed by atoms with E-state index < -0.39 is 18.0 Å². The highest BCUT2D eigenvalue weighted by Crippen LogP contribution is 2.25. The molecule has 866 valence electrons. The highest BCUT2D eigenvalue weighted by Gasteiger charge is 2.24. The lowest BCUT2D eigenvalue weighted by atomic mass is 10.0. The Kier molecular flexibility index (Phi) is 121. The van der Waals surface area contributed by atoms with Gasteiger partial charge in [0.15, 0.2) is 33.1 Å². The Morgan fingerprint density at radius 3 is 0.662 bits per heavy atom. The summed E-state index contributed by atoms with van der Waals surface area (Å²) in [6.07, 6.45) is 53.2. The van der Waals surface area contributed by atoms with Gasteiger partial charge in [0.2, 0.25) is 35.4 Å². The molecule has 0 aromatic rings. The molecule has 5 N–H and O–H groups in total. The number of carbonyl (C=O) groups excluding carboxylic acids is 12. The van der Waals surface area contributed by atoms with E-state index in [0.29, 0.717) is 261 Å². The van der Waals surface area contributed by atoms with Crippen LogP contribution in [0.15, 0.2) is 0 Å². The van der Waals surface area contributed by atoms with Crippen molar-refractivity contribution in [2.24, 2.45) is 0 Å². The Morgan fingerprint density at radius 2 is 0.439 bits per heavy atom. The lowest BCUT2D eigenvalue weighted by Gasteiger charge is -2.24. The maximum Gasteiger partial charge on any atom is 0.326 e. The number of amides is 6. The van der Waals surface area contributed by atoms with Crippen LogP contribution in [0, 0.1) is 0 Å². The molecule has 34 nitrogen and oxygen atoms in total. The summed E-state index contributed by atoms with van der Waals surface area (Å²) in [6.45, 7) is 16.4. The van der Waals surface area contributed by atoms with E-state index in [0.717, 1.165) is 83.5 Å². The second-order valence-electron chi connectivity index (χ2n) is 36.8. The predicted molar refractivity (Wildman–Crippen MR) is 616 cm³/mol. The van der Waals surface area contributed by atoms with E-state index in [1.54, 1.807) is 14.7 Å². The van der Waals surface area contributed by atoms with Gasteiger partial charge >= 0.3 is 11.9 Å². The fourth-order valence-corrected chi connectivity index (χ4v) is 17.3. The van der Waals surface area contributed by atoms with Crippen LogP contribution in [0.25, 0.3) is 0 Å². The Labute approximate surface area is 909 Å². The van der Waals surface area contributed by atoms with Gasteiger partial charge in [-0.2, -0.15) is 0 Å². The van der Waals surface area contributed by atoms with E-state index in [-0.39, 0.29) is 152 Å². The minimum absolute atomic E-state index is 0.0106. The summed E-state index contributed by atoms with van der Waals surface area (Å²) in [5, 5.41) is 27.0. The Hall–Kier alpha value is -2.83. The average Bonchev–Trinajstić information content (AvgIpc) is 0.895. The first-order valence-corrected chi connectivity index (χ1v) is 65.9. The van der Waals surface area contributed by atoms with Crippen molar-refractivity contribution in [1.82, 2.24) is 30.7 Å². The molecular weight excluding hydrogens is 2070 g/mol. The normalized spacial score (nSPS) is 11.6. The molecule has 43 heteroatoms. The lowest BCUT2D eigenvalue weighted by molar-refractivity contribution is -0.142. The van der Waals surface area contributed by atoms with E-state index >= 15 is 0 Å². The molecule has 0 spiro atoms. The number of ether oxygens (including phenoxy) is 12. The Bertz CT molecular complexity index is 3220. The fourth-order valence-electron chi connectivity index (χ4n) is 14.9. The van der Waals surface area contributed by atoms with Crippen molar-refractivity contribution in [3.05, 3.63) is 0 Å². The first-order valence-electron chi connectivity index (χ1n) is 55.7. The van der Waals surface area contributed by atoms with Crippen molar-refractivity contribution >= 4 is 160 Å². The first kappa shape index (κ1) is 149. The van der Waals surface area contributed by atoms with E-state index in [4.69, 9.17) is 61.9 Å². The third-order valence-electron chi connectivity index (χ3n) is 23.8. The SMILES string of the molecule is CCCCCCCCCCCC(=O)NCCCCC(=O)N(CCOCCOCCC(=O)P)CCOCCOCCC(=O)PP.CCCCCCCCCCCCCCCCCC(=O)NCCCCC(=O)N(CCOCCOCCC(=O)P)CCOCCOCCC(=O)PP.O=C(O)CCCCCCCCCCCCCCCCC(=O)NC(CCC(=O)N(CCOCCOCCC(=O)P)CCOCCOCCC(=O)PP)C(=O)O. The number of aliphatic carboxylic acids is 2. The van der Waals surface area contributed by atoms with E-state index in [1.165, 1.54) is 167 Å². The average molecular weight is 2280 g/mol. The van der Waals surface area contributed by atoms with Crippen LogP contribution in [0.4, 0.5) is 0 Å². The summed E-state index contributed by atoms with van der Waals surface area (Å²) in [5.74, 6) is -2.25. The molecule has 148 heavy (non-hydrogen) atoms. The molecule has 0 heterocycles. The van der Waals surface area contributed by atoms with E-state index in [1.807, 2.05) is 0 Å². The van der Waals surface area contributed by atoms with Gasteiger partial charge in [-0.15, -0.1) is 26.8 Å². The number of nitrogens with one attached hydrogen (secondary N) is 3. The molecule has 0 radical (unpaired) electrons. The summed E-state index contributed by atoms with van der Waals surface area (Å²) in [6, 6.07) is -1.17. The van der Waals surface area contributed by atoms with Crippen LogP contribution < -0.4 is 16.0 Å². The van der Waals surface area contributed by atoms with Gasteiger partial charge in [-0.05, 0) is 82.6 Å². The maximum absolute atomic E-state index is 13.1. The van der Waals surface area contributed by atoms with Crippen molar-refractivity contribution in [1.29, 1.82) is 0 Å². The molecule has 0 saturated heterocycles. The summed E-state index contributed by atoms with van der Waals surface area (Å²) in [5.41, 5.74) is 0.456. The Morgan fingerprint density at radius 1 is 0.236 bits per heavy atom. The molecule has 10 unspecified atom stereocenters. The molecule has 0 aromatic heterocycles. The molecule has 0 rings (SSSR count). The van der Waals surface area contributed by atoms with Crippen LogP contribution in [0.5, 0.6) is 0 Å². The molecule has 0 aromatic carbocycles. The highest BCUT2D eigenvalue weighted by molar-refractivity contribution is 8.12. The van der Waals surface area contributed by atoms with Crippen LogP contribution >= 0.6 is 79.3 Å². The zero-order valence-corrected chi connectivity index (χ0v) is 101. The van der Waals surface area contributed by atoms with Gasteiger partial charge in [0, 0.05) is 136 Å². The topological polar surface area (TPSA) is 436 Å². The van der Waals surface area contributed by atoms with Crippen molar-refractivity contribution in [2.75, 3.05) is 211 Å². The number of hydrogen-bond acceptors (Lipinski definition) is 26. The van der Waals surface area contributed by atoms with E-state index in [2.05, 4.69) is 84.3 Å². The Balaban J connectivity index is -0.00000214. The van der Waals surface area contributed by atoms with Crippen molar-refractivity contribution in [2.45, 2.75) is 379 Å². The number of nitrogens with zero attached hydrogens (tertiary/aromatic N) is 3. The minimum Gasteiger partial charge on any atom is -0.481 e. The standard InChI is InChI=1S/C37H69N2O12P3.C37H73N2O8P3.C31H61N2O8P3/c40-32(15-13-11-9-7-5-3-1-2-4-6-8-10-12-14-16-34(42)43)38-31(37(46)47)17-18-33(41)39(21-25-50-29-27-48-23-19-35(44)52)22-26-51-30-28-49-24-20-36(45)54-53;1-2-3-4-5-6-7-8-9-10-11-12-13-14-15-16-19-34(40)38-23-18-17-20-35(41)39(24-28-46-32-30-44-26-21-36(42)48)25-29-47-33-31-45-27-22-37(43)50-49;1-2-3-4-5-6-7-8-9-10-13-28(34)32-17-12-11-14-29(35)33(18-22-40-26-24-38-20-15-30(36)42)19-23-41-27-25-39-21-16-31(37)44-43/h31,54H,1-30,52-53H2,(H,38,40)(H,42,43)(H,46,47);50H,2-33,48-49H2,1H3,(H,38,40);44H,2-27,42-43H2,1H3,(H,32,34). The summed E-state index contributed by atoms with van der Waals surface area (Å²) >= 11 is 0. The molecule has 0 aliphatic heterocycles. The van der Waals surface area contributed by atoms with Crippen LogP contribution in [0.3, 0.4) is 0 Å². The van der Waals surface area contributed by atoms with Gasteiger partial charge in [-0.25, -0.2) is 4.79 Å². The van der Waals surface area contributed by atoms with Gasteiger partial charge in [0.25, 0.3) is 0 Å². The maximum atomic E-state index is 13.1. The number of carbonyl (C=O) groups is 14. The molecule has 0 bridgehead atoms. The van der Waals surface area contributed by atoms with Crippen LogP contribution in [-0.4, -0.2) is 322 Å². The third kappa shape index (κ3) is 117. The quantitative estimate of drug-likeness (QED) is 0.0279. The number of carboxylic acids is 2. The second kappa shape index (κ2) is 120. The van der Waals surface area contributed by atoms with Gasteiger partial charge in [0.05, 0.1) is 159 Å². The smallest absolute Gasteiger partial charge is 0.326 e. The summed E-state index contributed by atoms with van der Waals surface area (Å²) in [4.78, 5) is 170. The van der Waals surface area contributed by atoms with Crippen LogP contribution in [0.1, 0.15) is 373 Å². The summed E-state index contributed by atoms with van der Waals surface area (Å²) < 4.78 is 66.1. The number of unbranched alkanes of at least 4 members (excludes halogenated alkanes) is 37. The molecule has 6 amide bonds. The lowest BCUT2D eigenvalue weighted by Crippen LogP contribution is -2.42. The van der Waals surface area contributed by atoms with Gasteiger partial charge < -0.3 is 97.7 Å². The highest BCUT2D eigenvalue weighted by atomic mass is 32.0. The predicted octanol–water partition coefficient (Wildman–Crippen LogP) is 18.6. The molecule has 0 aliphatic carbocycles. The van der Waals surface area contributed by atoms with Crippen LogP contribution in [0.2, 0.25) is 0 Å². The van der Waals surface area contributed by atoms with Crippen molar-refractivity contribution in [3.63, 3.8) is 0 Å².